The fraction of sp³-hybridized carbons (Fsp3) is 0.350. The zero-order valence-corrected chi connectivity index (χ0v) is 17.8. The lowest BCUT2D eigenvalue weighted by molar-refractivity contribution is 0.205. The Hall–Kier alpha value is -2.65. The van der Waals surface area contributed by atoms with Crippen molar-refractivity contribution in [1.82, 2.24) is 19.9 Å². The average molecular weight is 448 g/mol. The number of H-pyrrole nitrogens is 1. The fourth-order valence-electron chi connectivity index (χ4n) is 3.49. The molecular weight excluding hydrogens is 426 g/mol. The molecule has 10 heteroatoms. The zero-order chi connectivity index (χ0) is 21.1. The van der Waals surface area contributed by atoms with Crippen LogP contribution in [0.4, 0.5) is 11.6 Å². The second kappa shape index (κ2) is 8.61. The number of benzene rings is 1. The van der Waals surface area contributed by atoms with Crippen molar-refractivity contribution in [1.29, 1.82) is 0 Å². The lowest BCUT2D eigenvalue weighted by Crippen LogP contribution is -2.16. The molecule has 2 heterocycles. The van der Waals surface area contributed by atoms with E-state index in [4.69, 9.17) is 16.3 Å². The van der Waals surface area contributed by atoms with E-state index in [1.54, 1.807) is 18.5 Å². The Morgan fingerprint density at radius 2 is 1.93 bits per heavy atom. The predicted octanol–water partition coefficient (Wildman–Crippen LogP) is 4.54. The molecule has 1 aromatic carbocycles. The van der Waals surface area contributed by atoms with Crippen LogP contribution in [0.2, 0.25) is 0 Å². The molecule has 2 N–H and O–H groups in total. The van der Waals surface area contributed by atoms with Crippen LogP contribution >= 0.6 is 11.6 Å². The maximum atomic E-state index is 12.1. The molecule has 0 aliphatic heterocycles. The molecule has 0 atom stereocenters. The molecule has 1 aliphatic carbocycles. The Kier molecular flexibility index (Phi) is 5.92. The molecule has 0 saturated heterocycles. The number of imidazole rings is 1. The molecule has 30 heavy (non-hydrogen) atoms. The number of nitrogens with one attached hydrogen (secondary N) is 2. The third-order valence-corrected chi connectivity index (χ3v) is 7.23. The Bertz CT molecular complexity index is 1150. The van der Waals surface area contributed by atoms with E-state index < -0.39 is 14.2 Å². The summed E-state index contributed by atoms with van der Waals surface area (Å²) in [6.07, 6.45) is 7.68. The number of sulfone groups is 1. The van der Waals surface area contributed by atoms with Crippen LogP contribution in [0.5, 0.6) is 5.88 Å². The van der Waals surface area contributed by atoms with Crippen LogP contribution < -0.4 is 10.1 Å². The van der Waals surface area contributed by atoms with Gasteiger partial charge in [-0.2, -0.15) is 9.97 Å². The van der Waals surface area contributed by atoms with Crippen molar-refractivity contribution < 1.29 is 13.2 Å². The molecule has 2 aromatic heterocycles. The van der Waals surface area contributed by atoms with E-state index in [-0.39, 0.29) is 4.90 Å². The SMILES string of the molecule is C=C(Cl)S(=O)(=O)c1ccc(Nc2nc(OCC3CCCCC3)c3[nH]cnc3n2)cc1. The average Bonchev–Trinajstić information content (AvgIpc) is 3.22. The van der Waals surface area contributed by atoms with E-state index in [1.165, 1.54) is 44.2 Å². The van der Waals surface area contributed by atoms with Gasteiger partial charge in [-0.05, 0) is 43.0 Å². The van der Waals surface area contributed by atoms with Crippen molar-refractivity contribution in [3.63, 3.8) is 0 Å². The van der Waals surface area contributed by atoms with Crippen molar-refractivity contribution >= 4 is 44.2 Å². The van der Waals surface area contributed by atoms with Gasteiger partial charge in [0.25, 0.3) is 0 Å². The molecule has 0 amide bonds. The van der Waals surface area contributed by atoms with Gasteiger partial charge in [0.2, 0.25) is 21.7 Å². The standard InChI is InChI=1S/C20H22ClN5O3S/c1-13(21)30(27,28)16-9-7-15(8-10-16)24-20-25-18-17(22-12-23-18)19(26-20)29-11-14-5-3-2-4-6-14/h7-10,12,14H,1-6,11H2,(H2,22,23,24,25,26). The Morgan fingerprint density at radius 1 is 1.20 bits per heavy atom. The lowest BCUT2D eigenvalue weighted by Gasteiger charge is -2.21. The van der Waals surface area contributed by atoms with Gasteiger partial charge in [-0.15, -0.1) is 0 Å². The van der Waals surface area contributed by atoms with Gasteiger partial charge in [-0.3, -0.25) is 0 Å². The molecule has 158 valence electrons. The van der Waals surface area contributed by atoms with Crippen molar-refractivity contribution in [3.8, 4) is 5.88 Å². The van der Waals surface area contributed by atoms with Crippen molar-refractivity contribution in [2.75, 3.05) is 11.9 Å². The molecule has 0 radical (unpaired) electrons. The number of nitrogens with zero attached hydrogens (tertiary/aromatic N) is 3. The third-order valence-electron chi connectivity index (χ3n) is 5.15. The van der Waals surface area contributed by atoms with Crippen LogP contribution in [0, 0.1) is 5.92 Å². The van der Waals surface area contributed by atoms with E-state index in [2.05, 4.69) is 31.8 Å². The lowest BCUT2D eigenvalue weighted by atomic mass is 9.90. The van der Waals surface area contributed by atoms with Crippen LogP contribution in [0.25, 0.3) is 11.2 Å². The van der Waals surface area contributed by atoms with Gasteiger partial charge in [-0.1, -0.05) is 37.4 Å². The number of ether oxygens (including phenoxy) is 1. The predicted molar refractivity (Wildman–Crippen MR) is 116 cm³/mol. The van der Waals surface area contributed by atoms with Gasteiger partial charge in [0.1, 0.15) is 9.88 Å². The van der Waals surface area contributed by atoms with Gasteiger partial charge >= 0.3 is 0 Å². The summed E-state index contributed by atoms with van der Waals surface area (Å²) in [7, 11) is -3.73. The minimum atomic E-state index is -3.73. The topological polar surface area (TPSA) is 110 Å². The van der Waals surface area contributed by atoms with E-state index in [0.29, 0.717) is 41.2 Å². The van der Waals surface area contributed by atoms with E-state index in [0.717, 1.165) is 0 Å². The number of anilines is 2. The fourth-order valence-corrected chi connectivity index (χ4v) is 4.51. The maximum Gasteiger partial charge on any atom is 0.245 e. The van der Waals surface area contributed by atoms with Crippen LogP contribution in [0.1, 0.15) is 32.1 Å². The highest BCUT2D eigenvalue weighted by atomic mass is 35.5. The second-order valence-corrected chi connectivity index (χ2v) is 9.93. The number of aromatic nitrogens is 4. The summed E-state index contributed by atoms with van der Waals surface area (Å²) in [5.74, 6) is 1.29. The van der Waals surface area contributed by atoms with Crippen molar-refractivity contribution in [3.05, 3.63) is 41.5 Å². The smallest absolute Gasteiger partial charge is 0.245 e. The van der Waals surface area contributed by atoms with Gasteiger partial charge in [0, 0.05) is 5.69 Å². The van der Waals surface area contributed by atoms with E-state index in [1.807, 2.05) is 0 Å². The maximum absolute atomic E-state index is 12.1. The summed E-state index contributed by atoms with van der Waals surface area (Å²) in [6.45, 7) is 3.91. The second-order valence-electron chi connectivity index (χ2n) is 7.28. The first-order chi connectivity index (χ1) is 14.4. The normalized spacial score (nSPS) is 15.2. The summed E-state index contributed by atoms with van der Waals surface area (Å²) in [5.41, 5.74) is 1.75. The molecule has 0 bridgehead atoms. The molecule has 1 fully saturated rings. The first-order valence-electron chi connectivity index (χ1n) is 9.74. The first kappa shape index (κ1) is 20.6. The number of rotatable bonds is 7. The monoisotopic (exact) mass is 447 g/mol. The van der Waals surface area contributed by atoms with Crippen LogP contribution in [0.3, 0.4) is 0 Å². The van der Waals surface area contributed by atoms with Gasteiger partial charge in [-0.25, -0.2) is 13.4 Å². The summed E-state index contributed by atoms with van der Waals surface area (Å²) in [6, 6.07) is 6.10. The zero-order valence-electron chi connectivity index (χ0n) is 16.3. The summed E-state index contributed by atoms with van der Waals surface area (Å²) >= 11 is 5.58. The van der Waals surface area contributed by atoms with Gasteiger partial charge < -0.3 is 15.0 Å². The van der Waals surface area contributed by atoms with Crippen LogP contribution in [0.15, 0.2) is 46.4 Å². The largest absolute Gasteiger partial charge is 0.476 e. The molecule has 1 aliphatic rings. The van der Waals surface area contributed by atoms with Crippen molar-refractivity contribution in [2.45, 2.75) is 37.0 Å². The number of fused-ring (bicyclic) bond motifs is 1. The van der Waals surface area contributed by atoms with Gasteiger partial charge in [0.15, 0.2) is 5.65 Å². The minimum Gasteiger partial charge on any atom is -0.476 e. The summed E-state index contributed by atoms with van der Waals surface area (Å²) in [5, 5.41) is 3.07. The highest BCUT2D eigenvalue weighted by molar-refractivity contribution is 7.96. The molecule has 0 spiro atoms. The van der Waals surface area contributed by atoms with Crippen molar-refractivity contribution in [2.24, 2.45) is 5.92 Å². The molecule has 0 unspecified atom stereocenters. The summed E-state index contributed by atoms with van der Waals surface area (Å²) in [4.78, 5) is 16.2. The van der Waals surface area contributed by atoms with Crippen LogP contribution in [-0.4, -0.2) is 35.0 Å². The Labute approximate surface area is 179 Å². The van der Waals surface area contributed by atoms with E-state index in [9.17, 15) is 8.42 Å². The highest BCUT2D eigenvalue weighted by Crippen LogP contribution is 2.28. The highest BCUT2D eigenvalue weighted by Gasteiger charge is 2.18. The van der Waals surface area contributed by atoms with Gasteiger partial charge in [0.05, 0.1) is 17.8 Å². The molecule has 3 aromatic rings. The first-order valence-corrected chi connectivity index (χ1v) is 11.6. The Morgan fingerprint density at radius 3 is 2.63 bits per heavy atom. The van der Waals surface area contributed by atoms with E-state index >= 15 is 0 Å². The van der Waals surface area contributed by atoms with Crippen LogP contribution in [-0.2, 0) is 9.84 Å². The molecular formula is C20H22ClN5O3S. The number of aromatic amines is 1. The third kappa shape index (κ3) is 4.41. The molecule has 8 nitrogen and oxygen atoms in total. The molecule has 1 saturated carbocycles. The number of hydrogen-bond acceptors (Lipinski definition) is 7. The molecule has 4 rings (SSSR count). The number of hydrogen-bond donors (Lipinski definition) is 2. The number of halogens is 1. The Balaban J connectivity index is 1.53. The summed E-state index contributed by atoms with van der Waals surface area (Å²) < 4.78 is 29.7. The quantitative estimate of drug-likeness (QED) is 0.547. The minimum absolute atomic E-state index is 0.0632.